The van der Waals surface area contributed by atoms with E-state index in [-0.39, 0.29) is 6.10 Å². The van der Waals surface area contributed by atoms with E-state index in [1.807, 2.05) is 48.5 Å². The summed E-state index contributed by atoms with van der Waals surface area (Å²) in [7, 11) is 1.66. The van der Waals surface area contributed by atoms with Gasteiger partial charge in [0, 0.05) is 11.0 Å². The standard InChI is InChI=1S/C16H18BrNO2/c1-19-15-7-2-4-12(8-15)11-20-16(10-18)13-5-3-6-14(17)9-13/h2-9,16H,10-11,18H2,1H3. The molecule has 2 aromatic rings. The molecule has 0 heterocycles. The highest BCUT2D eigenvalue weighted by atomic mass is 79.9. The Bertz CT molecular complexity index is 560. The third kappa shape index (κ3) is 4.07. The van der Waals surface area contributed by atoms with Gasteiger partial charge in [0.05, 0.1) is 19.8 Å². The van der Waals surface area contributed by atoms with Gasteiger partial charge in [0.1, 0.15) is 5.75 Å². The Labute approximate surface area is 127 Å². The molecule has 0 aliphatic carbocycles. The van der Waals surface area contributed by atoms with Crippen LogP contribution in [0.15, 0.2) is 53.0 Å². The first-order valence-electron chi connectivity index (χ1n) is 6.43. The predicted molar refractivity (Wildman–Crippen MR) is 83.7 cm³/mol. The summed E-state index contributed by atoms with van der Waals surface area (Å²) < 4.78 is 12.1. The number of hydrogen-bond donors (Lipinski definition) is 1. The topological polar surface area (TPSA) is 44.5 Å². The first-order chi connectivity index (χ1) is 9.72. The average molecular weight is 336 g/mol. The minimum atomic E-state index is -0.112. The monoisotopic (exact) mass is 335 g/mol. The van der Waals surface area contributed by atoms with Crippen molar-refractivity contribution in [1.82, 2.24) is 0 Å². The summed E-state index contributed by atoms with van der Waals surface area (Å²) in [6.07, 6.45) is -0.112. The molecule has 0 radical (unpaired) electrons. The maximum absolute atomic E-state index is 5.92. The van der Waals surface area contributed by atoms with Crippen LogP contribution in [-0.4, -0.2) is 13.7 Å². The van der Waals surface area contributed by atoms with Crippen LogP contribution in [0.2, 0.25) is 0 Å². The molecule has 2 rings (SSSR count). The van der Waals surface area contributed by atoms with Crippen LogP contribution in [0.5, 0.6) is 5.75 Å². The van der Waals surface area contributed by atoms with E-state index in [0.717, 1.165) is 21.3 Å². The zero-order chi connectivity index (χ0) is 14.4. The molecule has 0 aromatic heterocycles. The van der Waals surface area contributed by atoms with E-state index in [1.54, 1.807) is 7.11 Å². The molecule has 2 aromatic carbocycles. The fourth-order valence-electron chi connectivity index (χ4n) is 1.97. The molecule has 0 aliphatic heterocycles. The van der Waals surface area contributed by atoms with Crippen LogP contribution in [0.1, 0.15) is 17.2 Å². The van der Waals surface area contributed by atoms with Crippen molar-refractivity contribution in [3.05, 3.63) is 64.1 Å². The average Bonchev–Trinajstić information content (AvgIpc) is 2.48. The number of halogens is 1. The summed E-state index contributed by atoms with van der Waals surface area (Å²) in [5, 5.41) is 0. The Morgan fingerprint density at radius 3 is 2.65 bits per heavy atom. The molecule has 1 atom stereocenters. The number of rotatable bonds is 6. The Morgan fingerprint density at radius 2 is 1.95 bits per heavy atom. The molecule has 0 amide bonds. The Balaban J connectivity index is 2.03. The summed E-state index contributed by atoms with van der Waals surface area (Å²) in [6.45, 7) is 0.950. The molecule has 0 bridgehead atoms. The minimum absolute atomic E-state index is 0.112. The zero-order valence-electron chi connectivity index (χ0n) is 11.4. The van der Waals surface area contributed by atoms with Crippen molar-refractivity contribution in [2.75, 3.05) is 13.7 Å². The molecular weight excluding hydrogens is 318 g/mol. The summed E-state index contributed by atoms with van der Waals surface area (Å²) in [4.78, 5) is 0. The molecule has 0 fully saturated rings. The lowest BCUT2D eigenvalue weighted by molar-refractivity contribution is 0.0455. The molecule has 0 aliphatic rings. The lowest BCUT2D eigenvalue weighted by atomic mass is 10.1. The molecule has 0 spiro atoms. The lowest BCUT2D eigenvalue weighted by Gasteiger charge is -2.17. The van der Waals surface area contributed by atoms with Gasteiger partial charge < -0.3 is 15.2 Å². The first kappa shape index (κ1) is 15.0. The van der Waals surface area contributed by atoms with Crippen molar-refractivity contribution in [2.45, 2.75) is 12.7 Å². The molecular formula is C16H18BrNO2. The highest BCUT2D eigenvalue weighted by Crippen LogP contribution is 2.22. The highest BCUT2D eigenvalue weighted by Gasteiger charge is 2.10. The van der Waals surface area contributed by atoms with Crippen LogP contribution in [0.3, 0.4) is 0 Å². The second-order valence-corrected chi connectivity index (χ2v) is 5.36. The normalized spacial score (nSPS) is 12.2. The van der Waals surface area contributed by atoms with Crippen molar-refractivity contribution in [3.8, 4) is 5.75 Å². The van der Waals surface area contributed by atoms with Crippen LogP contribution in [-0.2, 0) is 11.3 Å². The Hall–Kier alpha value is -1.36. The van der Waals surface area contributed by atoms with Gasteiger partial charge in [-0.3, -0.25) is 0 Å². The summed E-state index contributed by atoms with van der Waals surface area (Å²) >= 11 is 3.46. The molecule has 106 valence electrons. The first-order valence-corrected chi connectivity index (χ1v) is 7.22. The number of ether oxygens (including phenoxy) is 2. The minimum Gasteiger partial charge on any atom is -0.497 e. The number of hydrogen-bond acceptors (Lipinski definition) is 3. The summed E-state index contributed by atoms with van der Waals surface area (Å²) in [6, 6.07) is 15.9. The van der Waals surface area contributed by atoms with Gasteiger partial charge >= 0.3 is 0 Å². The van der Waals surface area contributed by atoms with Crippen molar-refractivity contribution in [2.24, 2.45) is 5.73 Å². The SMILES string of the molecule is COc1cccc(COC(CN)c2cccc(Br)c2)c1. The summed E-state index contributed by atoms with van der Waals surface area (Å²) in [5.74, 6) is 0.831. The van der Waals surface area contributed by atoms with Crippen molar-refractivity contribution >= 4 is 15.9 Å². The number of nitrogens with two attached hydrogens (primary N) is 1. The fraction of sp³-hybridized carbons (Fsp3) is 0.250. The van der Waals surface area contributed by atoms with Crippen LogP contribution in [0.25, 0.3) is 0 Å². The van der Waals surface area contributed by atoms with Crippen molar-refractivity contribution in [1.29, 1.82) is 0 Å². The van der Waals surface area contributed by atoms with Gasteiger partial charge in [0.15, 0.2) is 0 Å². The highest BCUT2D eigenvalue weighted by molar-refractivity contribution is 9.10. The van der Waals surface area contributed by atoms with E-state index in [4.69, 9.17) is 15.2 Å². The van der Waals surface area contributed by atoms with Crippen LogP contribution in [0, 0.1) is 0 Å². The summed E-state index contributed by atoms with van der Waals surface area (Å²) in [5.41, 5.74) is 7.95. The number of benzene rings is 2. The van der Waals surface area contributed by atoms with Gasteiger partial charge in [-0.05, 0) is 35.4 Å². The van der Waals surface area contributed by atoms with Crippen molar-refractivity contribution in [3.63, 3.8) is 0 Å². The predicted octanol–water partition coefficient (Wildman–Crippen LogP) is 3.67. The lowest BCUT2D eigenvalue weighted by Crippen LogP contribution is -2.15. The smallest absolute Gasteiger partial charge is 0.119 e. The van der Waals surface area contributed by atoms with Gasteiger partial charge in [0.25, 0.3) is 0 Å². The van der Waals surface area contributed by atoms with E-state index in [9.17, 15) is 0 Å². The molecule has 0 saturated heterocycles. The van der Waals surface area contributed by atoms with E-state index in [0.29, 0.717) is 13.2 Å². The third-order valence-electron chi connectivity index (χ3n) is 3.02. The van der Waals surface area contributed by atoms with Gasteiger partial charge in [0.2, 0.25) is 0 Å². The van der Waals surface area contributed by atoms with Gasteiger partial charge in [-0.25, -0.2) is 0 Å². The largest absolute Gasteiger partial charge is 0.497 e. The molecule has 0 saturated carbocycles. The molecule has 2 N–H and O–H groups in total. The van der Waals surface area contributed by atoms with Crippen LogP contribution >= 0.6 is 15.9 Å². The second kappa shape index (κ2) is 7.43. The zero-order valence-corrected chi connectivity index (χ0v) is 13.0. The Morgan fingerprint density at radius 1 is 1.15 bits per heavy atom. The third-order valence-corrected chi connectivity index (χ3v) is 3.51. The van der Waals surface area contributed by atoms with E-state index < -0.39 is 0 Å². The second-order valence-electron chi connectivity index (χ2n) is 4.44. The van der Waals surface area contributed by atoms with Crippen LogP contribution < -0.4 is 10.5 Å². The fourth-order valence-corrected chi connectivity index (χ4v) is 2.38. The number of methoxy groups -OCH3 is 1. The molecule has 1 unspecified atom stereocenters. The van der Waals surface area contributed by atoms with Gasteiger partial charge in [-0.15, -0.1) is 0 Å². The van der Waals surface area contributed by atoms with E-state index >= 15 is 0 Å². The molecule has 20 heavy (non-hydrogen) atoms. The van der Waals surface area contributed by atoms with Gasteiger partial charge in [-0.1, -0.05) is 40.2 Å². The van der Waals surface area contributed by atoms with E-state index in [1.165, 1.54) is 0 Å². The maximum Gasteiger partial charge on any atom is 0.119 e. The quantitative estimate of drug-likeness (QED) is 0.875. The van der Waals surface area contributed by atoms with Gasteiger partial charge in [-0.2, -0.15) is 0 Å². The van der Waals surface area contributed by atoms with E-state index in [2.05, 4.69) is 15.9 Å². The van der Waals surface area contributed by atoms with Crippen molar-refractivity contribution < 1.29 is 9.47 Å². The van der Waals surface area contributed by atoms with Crippen LogP contribution in [0.4, 0.5) is 0 Å². The Kier molecular flexibility index (Phi) is 5.59. The maximum atomic E-state index is 5.92. The molecule has 3 nitrogen and oxygen atoms in total. The molecule has 4 heteroatoms.